The Hall–Kier alpha value is -1.88. The second-order valence-corrected chi connectivity index (χ2v) is 6.11. The van der Waals surface area contributed by atoms with E-state index in [0.717, 1.165) is 23.5 Å². The third-order valence-electron chi connectivity index (χ3n) is 4.24. The van der Waals surface area contributed by atoms with E-state index in [1.54, 1.807) is 0 Å². The van der Waals surface area contributed by atoms with E-state index in [2.05, 4.69) is 11.9 Å². The van der Waals surface area contributed by atoms with Crippen molar-refractivity contribution in [1.82, 2.24) is 14.3 Å². The summed E-state index contributed by atoms with van der Waals surface area (Å²) in [5.74, 6) is 0.0649. The van der Waals surface area contributed by atoms with Crippen LogP contribution in [0, 0.1) is 6.92 Å². The molecule has 1 saturated heterocycles. The number of carbonyl (C=O) groups is 1. The van der Waals surface area contributed by atoms with Crippen molar-refractivity contribution in [2.24, 2.45) is 0 Å². The lowest BCUT2D eigenvalue weighted by Gasteiger charge is -2.35. The van der Waals surface area contributed by atoms with E-state index in [1.807, 2.05) is 48.4 Å². The molecule has 22 heavy (non-hydrogen) atoms. The van der Waals surface area contributed by atoms with Gasteiger partial charge in [-0.25, -0.2) is 4.98 Å². The molecule has 0 N–H and O–H groups in total. The first-order valence-corrected chi connectivity index (χ1v) is 7.92. The summed E-state index contributed by atoms with van der Waals surface area (Å²) in [6, 6.07) is 3.79. The van der Waals surface area contributed by atoms with Gasteiger partial charge in [-0.3, -0.25) is 4.79 Å². The van der Waals surface area contributed by atoms with Crippen molar-refractivity contribution in [2.45, 2.75) is 46.3 Å². The summed E-state index contributed by atoms with van der Waals surface area (Å²) in [4.78, 5) is 19.2. The highest BCUT2D eigenvalue weighted by molar-refractivity contribution is 5.94. The lowest BCUT2D eigenvalue weighted by Crippen LogP contribution is -2.48. The molecule has 0 bridgehead atoms. The standard InChI is InChI=1S/C17H23N3O2/c1-5-15-13(4)20-10-14(6-7-16(20)18-15)17(21)19-8-11(2)22-12(3)9-19/h6-7,10-12H,5,8-9H2,1-4H3. The predicted molar refractivity (Wildman–Crippen MR) is 85.2 cm³/mol. The van der Waals surface area contributed by atoms with Crippen LogP contribution in [0.3, 0.4) is 0 Å². The molecular weight excluding hydrogens is 278 g/mol. The number of ether oxygens (including phenoxy) is 1. The molecule has 1 amide bonds. The van der Waals surface area contributed by atoms with Gasteiger partial charge in [-0.1, -0.05) is 6.92 Å². The molecule has 2 unspecified atom stereocenters. The van der Waals surface area contributed by atoms with Gasteiger partial charge >= 0.3 is 0 Å². The van der Waals surface area contributed by atoms with Crippen LogP contribution in [-0.2, 0) is 11.2 Å². The van der Waals surface area contributed by atoms with Crippen molar-refractivity contribution in [2.75, 3.05) is 13.1 Å². The molecule has 1 aliphatic rings. The van der Waals surface area contributed by atoms with Crippen molar-refractivity contribution in [3.8, 4) is 0 Å². The Morgan fingerprint density at radius 1 is 1.32 bits per heavy atom. The zero-order valence-electron chi connectivity index (χ0n) is 13.7. The molecule has 1 aliphatic heterocycles. The summed E-state index contributed by atoms with van der Waals surface area (Å²) in [5, 5.41) is 0. The minimum absolute atomic E-state index is 0.0649. The number of fused-ring (bicyclic) bond motifs is 1. The van der Waals surface area contributed by atoms with Gasteiger partial charge in [0.1, 0.15) is 5.65 Å². The Kier molecular flexibility index (Phi) is 3.91. The zero-order valence-corrected chi connectivity index (χ0v) is 13.7. The van der Waals surface area contributed by atoms with Gasteiger partial charge in [0.25, 0.3) is 5.91 Å². The maximum Gasteiger partial charge on any atom is 0.255 e. The van der Waals surface area contributed by atoms with Crippen LogP contribution in [0.25, 0.3) is 5.65 Å². The van der Waals surface area contributed by atoms with Crippen LogP contribution in [0.5, 0.6) is 0 Å². The smallest absolute Gasteiger partial charge is 0.255 e. The van der Waals surface area contributed by atoms with E-state index in [-0.39, 0.29) is 18.1 Å². The molecule has 3 heterocycles. The third kappa shape index (κ3) is 2.61. The van der Waals surface area contributed by atoms with Gasteiger partial charge in [-0.05, 0) is 39.3 Å². The Morgan fingerprint density at radius 2 is 2.00 bits per heavy atom. The van der Waals surface area contributed by atoms with Crippen molar-refractivity contribution >= 4 is 11.6 Å². The molecule has 0 radical (unpaired) electrons. The largest absolute Gasteiger partial charge is 0.372 e. The zero-order chi connectivity index (χ0) is 15.9. The fourth-order valence-electron chi connectivity index (χ4n) is 3.20. The van der Waals surface area contributed by atoms with Crippen LogP contribution in [0.15, 0.2) is 18.3 Å². The van der Waals surface area contributed by atoms with Crippen molar-refractivity contribution < 1.29 is 9.53 Å². The molecule has 1 fully saturated rings. The van der Waals surface area contributed by atoms with Crippen LogP contribution in [0.1, 0.15) is 42.5 Å². The van der Waals surface area contributed by atoms with Crippen LogP contribution in [0.2, 0.25) is 0 Å². The third-order valence-corrected chi connectivity index (χ3v) is 4.24. The summed E-state index contributed by atoms with van der Waals surface area (Å²) < 4.78 is 7.71. The first-order valence-electron chi connectivity index (χ1n) is 7.92. The molecule has 5 nitrogen and oxygen atoms in total. The van der Waals surface area contributed by atoms with E-state index in [0.29, 0.717) is 18.7 Å². The maximum atomic E-state index is 12.8. The summed E-state index contributed by atoms with van der Waals surface area (Å²) >= 11 is 0. The first kappa shape index (κ1) is 15.0. The molecule has 2 aromatic rings. The summed E-state index contributed by atoms with van der Waals surface area (Å²) in [6.07, 6.45) is 2.97. The van der Waals surface area contributed by atoms with Gasteiger partial charge in [0.15, 0.2) is 0 Å². The molecule has 0 aromatic carbocycles. The number of aromatic nitrogens is 2. The second kappa shape index (κ2) is 5.72. The van der Waals surface area contributed by atoms with Gasteiger partial charge in [-0.2, -0.15) is 0 Å². The highest BCUT2D eigenvalue weighted by Crippen LogP contribution is 2.17. The van der Waals surface area contributed by atoms with E-state index in [1.165, 1.54) is 0 Å². The monoisotopic (exact) mass is 301 g/mol. The highest BCUT2D eigenvalue weighted by Gasteiger charge is 2.26. The van der Waals surface area contributed by atoms with Gasteiger partial charge < -0.3 is 14.0 Å². The predicted octanol–water partition coefficient (Wildman–Crippen LogP) is 2.45. The topological polar surface area (TPSA) is 46.8 Å². The quantitative estimate of drug-likeness (QED) is 0.856. The minimum atomic E-state index is 0.0649. The molecule has 0 aliphatic carbocycles. The van der Waals surface area contributed by atoms with E-state index >= 15 is 0 Å². The number of rotatable bonds is 2. The average Bonchev–Trinajstić information content (AvgIpc) is 2.81. The van der Waals surface area contributed by atoms with Gasteiger partial charge in [0.2, 0.25) is 0 Å². The lowest BCUT2D eigenvalue weighted by atomic mass is 10.2. The van der Waals surface area contributed by atoms with Gasteiger partial charge in [0, 0.05) is 25.0 Å². The van der Waals surface area contributed by atoms with E-state index in [4.69, 9.17) is 4.74 Å². The molecule has 3 rings (SSSR count). The number of hydrogen-bond acceptors (Lipinski definition) is 3. The number of imidazole rings is 1. The second-order valence-electron chi connectivity index (χ2n) is 6.11. The minimum Gasteiger partial charge on any atom is -0.372 e. The van der Waals surface area contributed by atoms with Crippen molar-refractivity contribution in [3.05, 3.63) is 35.3 Å². The molecular formula is C17H23N3O2. The Morgan fingerprint density at radius 3 is 2.64 bits per heavy atom. The van der Waals surface area contributed by atoms with Crippen LogP contribution < -0.4 is 0 Å². The molecule has 5 heteroatoms. The Labute approximate surface area is 130 Å². The van der Waals surface area contributed by atoms with Crippen molar-refractivity contribution in [3.63, 3.8) is 0 Å². The Balaban J connectivity index is 1.92. The summed E-state index contributed by atoms with van der Waals surface area (Å²) in [6.45, 7) is 9.44. The van der Waals surface area contributed by atoms with Gasteiger partial charge in [0.05, 0.1) is 23.5 Å². The van der Waals surface area contributed by atoms with E-state index < -0.39 is 0 Å². The molecule has 0 spiro atoms. The number of aryl methyl sites for hydroxylation is 2. The molecule has 2 aromatic heterocycles. The number of pyridine rings is 1. The number of carbonyl (C=O) groups excluding carboxylic acids is 1. The van der Waals surface area contributed by atoms with Gasteiger partial charge in [-0.15, -0.1) is 0 Å². The SMILES string of the molecule is CCc1nc2ccc(C(=O)N3CC(C)OC(C)C3)cn2c1C. The fourth-order valence-corrected chi connectivity index (χ4v) is 3.20. The maximum absolute atomic E-state index is 12.8. The average molecular weight is 301 g/mol. The number of nitrogens with zero attached hydrogens (tertiary/aromatic N) is 3. The Bertz CT molecular complexity index is 697. The summed E-state index contributed by atoms with van der Waals surface area (Å²) in [5.41, 5.74) is 3.79. The molecule has 2 atom stereocenters. The number of morpholine rings is 1. The van der Waals surface area contributed by atoms with Crippen LogP contribution in [0.4, 0.5) is 0 Å². The number of amides is 1. The van der Waals surface area contributed by atoms with E-state index in [9.17, 15) is 4.79 Å². The normalized spacial score (nSPS) is 22.3. The lowest BCUT2D eigenvalue weighted by molar-refractivity contribution is -0.0586. The highest BCUT2D eigenvalue weighted by atomic mass is 16.5. The van der Waals surface area contributed by atoms with Crippen LogP contribution in [-0.4, -0.2) is 45.5 Å². The van der Waals surface area contributed by atoms with Crippen molar-refractivity contribution in [1.29, 1.82) is 0 Å². The fraction of sp³-hybridized carbons (Fsp3) is 0.529. The molecule has 118 valence electrons. The summed E-state index contributed by atoms with van der Waals surface area (Å²) in [7, 11) is 0. The number of hydrogen-bond donors (Lipinski definition) is 0. The molecule has 0 saturated carbocycles. The first-order chi connectivity index (χ1) is 10.5. The van der Waals surface area contributed by atoms with Crippen LogP contribution >= 0.6 is 0 Å².